The van der Waals surface area contributed by atoms with E-state index in [1.165, 1.54) is 22.6 Å². The average molecular weight is 433 g/mol. The van der Waals surface area contributed by atoms with Crippen LogP contribution in [0.5, 0.6) is 11.5 Å². The van der Waals surface area contributed by atoms with E-state index < -0.39 is 21.5 Å². The van der Waals surface area contributed by atoms with Crippen molar-refractivity contribution in [2.45, 2.75) is 30.7 Å². The lowest BCUT2D eigenvalue weighted by molar-refractivity contribution is -0.116. The van der Waals surface area contributed by atoms with Gasteiger partial charge in [0.05, 0.1) is 4.90 Å². The molecule has 160 valence electrons. The molecule has 1 fully saturated rings. The standard InChI is InChI=1S/C20H23N3O6S/c24-19(21-15-4-6-17-18(12-15)29-11-10-28-17)14-22-13-16(5-7-20(22)25)30(26,27)23-8-2-1-3-9-23/h4-7,12-13H,1-3,8-11,14H2,(H,21,24). The number of benzene rings is 1. The summed E-state index contributed by atoms with van der Waals surface area (Å²) in [6.07, 6.45) is 3.87. The number of aromatic nitrogens is 1. The minimum atomic E-state index is -3.69. The van der Waals surface area contributed by atoms with Crippen LogP contribution in [0.4, 0.5) is 5.69 Å². The molecule has 0 radical (unpaired) electrons. The second-order valence-corrected chi connectivity index (χ2v) is 9.14. The van der Waals surface area contributed by atoms with E-state index in [1.54, 1.807) is 18.2 Å². The normalized spacial score (nSPS) is 16.8. The monoisotopic (exact) mass is 433 g/mol. The summed E-state index contributed by atoms with van der Waals surface area (Å²) in [5.74, 6) is 0.679. The number of pyridine rings is 1. The van der Waals surface area contributed by atoms with E-state index >= 15 is 0 Å². The number of rotatable bonds is 5. The molecule has 1 saturated heterocycles. The van der Waals surface area contributed by atoms with E-state index in [2.05, 4.69) is 5.32 Å². The highest BCUT2D eigenvalue weighted by atomic mass is 32.2. The minimum absolute atomic E-state index is 0.0103. The second kappa shape index (κ2) is 8.49. The molecule has 0 unspecified atom stereocenters. The number of nitrogens with one attached hydrogen (secondary N) is 1. The third kappa shape index (κ3) is 4.34. The fourth-order valence-electron chi connectivity index (χ4n) is 3.52. The Morgan fingerprint density at radius 1 is 1.00 bits per heavy atom. The SMILES string of the molecule is O=C(Cn1cc(S(=O)(=O)N2CCCCC2)ccc1=O)Nc1ccc2c(c1)OCCO2. The van der Waals surface area contributed by atoms with Gasteiger partial charge in [-0.1, -0.05) is 6.42 Å². The van der Waals surface area contributed by atoms with Crippen molar-refractivity contribution in [2.75, 3.05) is 31.6 Å². The van der Waals surface area contributed by atoms with Crippen LogP contribution in [-0.2, 0) is 21.4 Å². The van der Waals surface area contributed by atoms with Gasteiger partial charge in [-0.25, -0.2) is 8.42 Å². The molecule has 3 heterocycles. The molecule has 1 aromatic heterocycles. The lowest BCUT2D eigenvalue weighted by Crippen LogP contribution is -2.36. The number of nitrogens with zero attached hydrogens (tertiary/aromatic N) is 2. The number of hydrogen-bond acceptors (Lipinski definition) is 6. The molecule has 1 amide bonds. The Labute approximate surface area is 174 Å². The van der Waals surface area contributed by atoms with Gasteiger partial charge < -0.3 is 19.4 Å². The van der Waals surface area contributed by atoms with Gasteiger partial charge in [-0.2, -0.15) is 4.31 Å². The summed E-state index contributed by atoms with van der Waals surface area (Å²) < 4.78 is 39.2. The Balaban J connectivity index is 1.49. The number of anilines is 1. The van der Waals surface area contributed by atoms with Crippen molar-refractivity contribution in [3.05, 3.63) is 46.9 Å². The molecule has 9 nitrogen and oxygen atoms in total. The van der Waals surface area contributed by atoms with Gasteiger partial charge >= 0.3 is 0 Å². The molecule has 0 atom stereocenters. The largest absolute Gasteiger partial charge is 0.486 e. The number of sulfonamides is 1. The lowest BCUT2D eigenvalue weighted by Gasteiger charge is -2.26. The predicted molar refractivity (Wildman–Crippen MR) is 109 cm³/mol. The number of carbonyl (C=O) groups is 1. The summed E-state index contributed by atoms with van der Waals surface area (Å²) in [5.41, 5.74) is 0.0410. The maximum absolute atomic E-state index is 12.8. The number of fused-ring (bicyclic) bond motifs is 1. The predicted octanol–water partition coefficient (Wildman–Crippen LogP) is 1.43. The topological polar surface area (TPSA) is 107 Å². The van der Waals surface area contributed by atoms with Crippen LogP contribution in [0, 0.1) is 0 Å². The zero-order valence-corrected chi connectivity index (χ0v) is 17.2. The first-order chi connectivity index (χ1) is 14.4. The molecular weight excluding hydrogens is 410 g/mol. The molecule has 1 aromatic carbocycles. The average Bonchev–Trinajstić information content (AvgIpc) is 2.75. The van der Waals surface area contributed by atoms with Crippen molar-refractivity contribution < 1.29 is 22.7 Å². The Kier molecular flexibility index (Phi) is 5.78. The summed E-state index contributed by atoms with van der Waals surface area (Å²) in [6.45, 7) is 1.52. The second-order valence-electron chi connectivity index (χ2n) is 7.20. The maximum Gasteiger partial charge on any atom is 0.251 e. The van der Waals surface area contributed by atoms with E-state index in [-0.39, 0.29) is 11.4 Å². The van der Waals surface area contributed by atoms with Crippen molar-refractivity contribution in [1.29, 1.82) is 0 Å². The van der Waals surface area contributed by atoms with E-state index in [4.69, 9.17) is 9.47 Å². The summed E-state index contributed by atoms with van der Waals surface area (Å²) in [7, 11) is -3.69. The first-order valence-electron chi connectivity index (χ1n) is 9.84. The third-order valence-electron chi connectivity index (χ3n) is 5.05. The van der Waals surface area contributed by atoms with Crippen molar-refractivity contribution in [3.63, 3.8) is 0 Å². The number of ether oxygens (including phenoxy) is 2. The molecule has 4 rings (SSSR count). The summed E-state index contributed by atoms with van der Waals surface area (Å²) in [5, 5.41) is 2.70. The van der Waals surface area contributed by atoms with Crippen LogP contribution in [0.15, 0.2) is 46.2 Å². The van der Waals surface area contributed by atoms with Gasteiger partial charge in [0.1, 0.15) is 19.8 Å². The molecule has 1 N–H and O–H groups in total. The Morgan fingerprint density at radius 2 is 1.73 bits per heavy atom. The molecule has 2 aromatic rings. The molecule has 0 spiro atoms. The molecular formula is C20H23N3O6S. The van der Waals surface area contributed by atoms with E-state index in [0.29, 0.717) is 43.5 Å². The number of carbonyl (C=O) groups excluding carboxylic acids is 1. The highest BCUT2D eigenvalue weighted by Gasteiger charge is 2.26. The van der Waals surface area contributed by atoms with Crippen molar-refractivity contribution >= 4 is 21.6 Å². The fourth-order valence-corrected chi connectivity index (χ4v) is 5.05. The van der Waals surface area contributed by atoms with Crippen LogP contribution in [0.2, 0.25) is 0 Å². The van der Waals surface area contributed by atoms with Gasteiger partial charge in [0, 0.05) is 37.1 Å². The Bertz CT molecular complexity index is 1110. The minimum Gasteiger partial charge on any atom is -0.486 e. The van der Waals surface area contributed by atoms with E-state index in [9.17, 15) is 18.0 Å². The quantitative estimate of drug-likeness (QED) is 0.765. The van der Waals surface area contributed by atoms with Gasteiger partial charge in [0.15, 0.2) is 11.5 Å². The van der Waals surface area contributed by atoms with Gasteiger partial charge in [0.25, 0.3) is 5.56 Å². The van der Waals surface area contributed by atoms with Crippen LogP contribution in [-0.4, -0.2) is 49.5 Å². The Hall–Kier alpha value is -2.85. The van der Waals surface area contributed by atoms with Crippen LogP contribution >= 0.6 is 0 Å². The summed E-state index contributed by atoms with van der Waals surface area (Å²) in [6, 6.07) is 7.48. The molecule has 2 aliphatic rings. The molecule has 30 heavy (non-hydrogen) atoms. The number of amides is 1. The molecule has 10 heteroatoms. The van der Waals surface area contributed by atoms with Crippen LogP contribution < -0.4 is 20.3 Å². The summed E-state index contributed by atoms with van der Waals surface area (Å²) in [4.78, 5) is 24.7. The van der Waals surface area contributed by atoms with Crippen LogP contribution in [0.25, 0.3) is 0 Å². The van der Waals surface area contributed by atoms with Crippen LogP contribution in [0.1, 0.15) is 19.3 Å². The first-order valence-corrected chi connectivity index (χ1v) is 11.3. The van der Waals surface area contributed by atoms with Crippen molar-refractivity contribution in [3.8, 4) is 11.5 Å². The highest BCUT2D eigenvalue weighted by Crippen LogP contribution is 2.32. The molecule has 0 saturated carbocycles. The van der Waals surface area contributed by atoms with Gasteiger partial charge in [-0.3, -0.25) is 9.59 Å². The maximum atomic E-state index is 12.8. The zero-order chi connectivity index (χ0) is 21.1. The van der Waals surface area contributed by atoms with Crippen LogP contribution in [0.3, 0.4) is 0 Å². The van der Waals surface area contributed by atoms with Crippen molar-refractivity contribution in [2.24, 2.45) is 0 Å². The summed E-state index contributed by atoms with van der Waals surface area (Å²) >= 11 is 0. The molecule has 0 bridgehead atoms. The number of hydrogen-bond donors (Lipinski definition) is 1. The third-order valence-corrected chi connectivity index (χ3v) is 6.93. The first kappa shape index (κ1) is 20.4. The lowest BCUT2D eigenvalue weighted by atomic mass is 10.2. The van der Waals surface area contributed by atoms with Crippen molar-refractivity contribution in [1.82, 2.24) is 8.87 Å². The molecule has 0 aliphatic carbocycles. The van der Waals surface area contributed by atoms with Gasteiger partial charge in [0.2, 0.25) is 15.9 Å². The van der Waals surface area contributed by atoms with E-state index in [1.807, 2.05) is 0 Å². The number of piperidine rings is 1. The zero-order valence-electron chi connectivity index (χ0n) is 16.4. The highest BCUT2D eigenvalue weighted by molar-refractivity contribution is 7.89. The smallest absolute Gasteiger partial charge is 0.251 e. The fraction of sp³-hybridized carbons (Fsp3) is 0.400. The van der Waals surface area contributed by atoms with Gasteiger partial charge in [-0.15, -0.1) is 0 Å². The van der Waals surface area contributed by atoms with Gasteiger partial charge in [-0.05, 0) is 31.0 Å². The van der Waals surface area contributed by atoms with E-state index in [0.717, 1.165) is 23.8 Å². The Morgan fingerprint density at radius 3 is 2.50 bits per heavy atom. The molecule has 2 aliphatic heterocycles.